The van der Waals surface area contributed by atoms with Gasteiger partial charge in [-0.2, -0.15) is 15.4 Å². The van der Waals surface area contributed by atoms with Gasteiger partial charge < -0.3 is 15.2 Å². The summed E-state index contributed by atoms with van der Waals surface area (Å²) in [5.74, 6) is -1.60. The number of hydrogen-bond donors (Lipinski definition) is 3. The molecule has 0 unspecified atom stereocenters. The number of esters is 1. The highest BCUT2D eigenvalue weighted by atomic mass is 35.5. The van der Waals surface area contributed by atoms with Crippen molar-refractivity contribution in [1.82, 2.24) is 20.7 Å². The normalized spacial score (nSPS) is 12.8. The van der Waals surface area contributed by atoms with Gasteiger partial charge in [-0.1, -0.05) is 35.9 Å². The summed E-state index contributed by atoms with van der Waals surface area (Å²) in [5, 5.41) is 22.6. The zero-order valence-corrected chi connectivity index (χ0v) is 20.8. The molecule has 192 valence electrons. The number of aliphatic hydroxyl groups excluding tert-OH is 1. The van der Waals surface area contributed by atoms with E-state index < -0.39 is 5.92 Å². The smallest absolute Gasteiger partial charge is 0.310 e. The van der Waals surface area contributed by atoms with Crippen LogP contribution in [-0.4, -0.2) is 58.6 Å². The third kappa shape index (κ3) is 7.94. The lowest BCUT2D eigenvalue weighted by atomic mass is 9.85. The molecule has 3 N–H and O–H groups in total. The first-order valence-corrected chi connectivity index (χ1v) is 12.2. The minimum absolute atomic E-state index is 0.0524. The molecule has 0 saturated heterocycles. The SMILES string of the molecule is CCOC(=O)[C@H](CNCCO)C[C@H](CC(=O)c1cn[nH]n1)Cc1ccc(-c2cc(Cl)ccc2F)cc1. The Bertz CT molecular complexity index is 1130. The molecule has 0 fully saturated rings. The van der Waals surface area contributed by atoms with Crippen molar-refractivity contribution < 1.29 is 23.8 Å². The fourth-order valence-corrected chi connectivity index (χ4v) is 4.27. The molecule has 2 atom stereocenters. The predicted octanol–water partition coefficient (Wildman–Crippen LogP) is 3.85. The van der Waals surface area contributed by atoms with Gasteiger partial charge >= 0.3 is 5.97 Å². The van der Waals surface area contributed by atoms with Crippen LogP contribution < -0.4 is 5.32 Å². The summed E-state index contributed by atoms with van der Waals surface area (Å²) in [6.45, 7) is 2.61. The first kappa shape index (κ1) is 27.4. The molecule has 1 aromatic heterocycles. The Morgan fingerprint density at radius 2 is 2.00 bits per heavy atom. The lowest BCUT2D eigenvalue weighted by Gasteiger charge is -2.22. The molecule has 3 aromatic rings. The minimum Gasteiger partial charge on any atom is -0.466 e. The van der Waals surface area contributed by atoms with Crippen molar-refractivity contribution in [2.45, 2.75) is 26.2 Å². The predicted molar refractivity (Wildman–Crippen MR) is 134 cm³/mol. The van der Waals surface area contributed by atoms with Gasteiger partial charge in [0.15, 0.2) is 5.78 Å². The molecule has 1 heterocycles. The van der Waals surface area contributed by atoms with Gasteiger partial charge in [-0.3, -0.25) is 9.59 Å². The number of nitrogens with zero attached hydrogens (tertiary/aromatic N) is 2. The number of hydrogen-bond acceptors (Lipinski definition) is 7. The van der Waals surface area contributed by atoms with E-state index in [9.17, 15) is 14.0 Å². The van der Waals surface area contributed by atoms with Crippen molar-refractivity contribution >= 4 is 23.4 Å². The molecular weight excluding hydrogens is 487 g/mol. The largest absolute Gasteiger partial charge is 0.466 e. The second-order valence-electron chi connectivity index (χ2n) is 8.49. The average Bonchev–Trinajstić information content (AvgIpc) is 3.41. The molecule has 2 aromatic carbocycles. The van der Waals surface area contributed by atoms with Gasteiger partial charge in [-0.05, 0) is 55.0 Å². The number of ether oxygens (including phenoxy) is 1. The molecule has 0 aliphatic carbocycles. The summed E-state index contributed by atoms with van der Waals surface area (Å²) in [7, 11) is 0. The Morgan fingerprint density at radius 1 is 1.22 bits per heavy atom. The van der Waals surface area contributed by atoms with E-state index in [2.05, 4.69) is 20.7 Å². The Kier molecular flexibility index (Phi) is 10.5. The molecule has 10 heteroatoms. The number of H-pyrrole nitrogens is 1. The maximum atomic E-state index is 14.3. The lowest BCUT2D eigenvalue weighted by molar-refractivity contribution is -0.148. The van der Waals surface area contributed by atoms with Crippen LogP contribution in [0.2, 0.25) is 5.02 Å². The highest BCUT2D eigenvalue weighted by molar-refractivity contribution is 6.30. The van der Waals surface area contributed by atoms with Crippen molar-refractivity contribution in [3.63, 3.8) is 0 Å². The van der Waals surface area contributed by atoms with Gasteiger partial charge in [-0.15, -0.1) is 0 Å². The number of ketones is 1. The number of aromatic amines is 1. The van der Waals surface area contributed by atoms with Gasteiger partial charge in [0.25, 0.3) is 0 Å². The fraction of sp³-hybridized carbons (Fsp3) is 0.385. The number of carbonyl (C=O) groups excluding carboxylic acids is 2. The van der Waals surface area contributed by atoms with E-state index in [0.717, 1.165) is 5.56 Å². The summed E-state index contributed by atoms with van der Waals surface area (Å²) < 4.78 is 19.5. The number of Topliss-reactive ketones (excluding diaryl/α,β-unsaturated/α-hetero) is 1. The molecule has 3 rings (SSSR count). The highest BCUT2D eigenvalue weighted by Gasteiger charge is 2.27. The zero-order valence-electron chi connectivity index (χ0n) is 20.0. The molecule has 8 nitrogen and oxygen atoms in total. The van der Waals surface area contributed by atoms with E-state index >= 15 is 0 Å². The third-order valence-corrected chi connectivity index (χ3v) is 6.04. The van der Waals surface area contributed by atoms with Crippen LogP contribution in [0.3, 0.4) is 0 Å². The monoisotopic (exact) mass is 516 g/mol. The van der Waals surface area contributed by atoms with Gasteiger partial charge in [0.05, 0.1) is 25.3 Å². The minimum atomic E-state index is -0.494. The summed E-state index contributed by atoms with van der Waals surface area (Å²) in [5.41, 5.74) is 2.26. The molecule has 0 aliphatic rings. The van der Waals surface area contributed by atoms with Gasteiger partial charge in [-0.25, -0.2) is 4.39 Å². The quantitative estimate of drug-likeness (QED) is 0.169. The van der Waals surface area contributed by atoms with E-state index in [1.165, 1.54) is 18.3 Å². The molecule has 0 aliphatic heterocycles. The van der Waals surface area contributed by atoms with Crippen molar-refractivity contribution in [2.24, 2.45) is 11.8 Å². The number of halogens is 2. The maximum Gasteiger partial charge on any atom is 0.310 e. The van der Waals surface area contributed by atoms with Crippen molar-refractivity contribution in [2.75, 3.05) is 26.3 Å². The number of carbonyl (C=O) groups is 2. The average molecular weight is 517 g/mol. The fourth-order valence-electron chi connectivity index (χ4n) is 4.09. The van der Waals surface area contributed by atoms with Crippen LogP contribution in [0.25, 0.3) is 11.1 Å². The third-order valence-electron chi connectivity index (χ3n) is 5.81. The van der Waals surface area contributed by atoms with Crippen LogP contribution in [0.15, 0.2) is 48.7 Å². The van der Waals surface area contributed by atoms with E-state index in [1.807, 2.05) is 24.3 Å². The number of benzene rings is 2. The standard InChI is InChI=1S/C26H30ClFN4O4/c1-2-36-26(35)20(15-29-9-10-33)12-18(13-25(34)24-16-30-32-31-24)11-17-3-5-19(6-4-17)22-14-21(27)7-8-23(22)28/h3-8,14,16,18,20,29,33H,2,9-13,15H2,1H3,(H,30,31,32)/t18-,20+/m1/s1. The zero-order chi connectivity index (χ0) is 25.9. The summed E-state index contributed by atoms with van der Waals surface area (Å²) in [6, 6.07) is 11.8. The second-order valence-corrected chi connectivity index (χ2v) is 8.92. The molecule has 0 amide bonds. The number of nitrogens with one attached hydrogen (secondary N) is 2. The topological polar surface area (TPSA) is 117 Å². The summed E-state index contributed by atoms with van der Waals surface area (Å²) in [6.07, 6.45) is 2.44. The lowest BCUT2D eigenvalue weighted by Crippen LogP contribution is -2.33. The van der Waals surface area contributed by atoms with Gasteiger partial charge in [0.2, 0.25) is 0 Å². The second kappa shape index (κ2) is 13.8. The number of aliphatic hydroxyl groups is 1. The van der Waals surface area contributed by atoms with E-state index in [0.29, 0.717) is 42.1 Å². The molecular formula is C26H30ClFN4O4. The van der Waals surface area contributed by atoms with E-state index in [1.54, 1.807) is 13.0 Å². The molecule has 0 spiro atoms. The number of rotatable bonds is 14. The van der Waals surface area contributed by atoms with Crippen molar-refractivity contribution in [3.05, 3.63) is 70.8 Å². The van der Waals surface area contributed by atoms with Crippen molar-refractivity contribution in [1.29, 1.82) is 0 Å². The molecule has 36 heavy (non-hydrogen) atoms. The van der Waals surface area contributed by atoms with Crippen LogP contribution in [-0.2, 0) is 16.0 Å². The highest BCUT2D eigenvalue weighted by Crippen LogP contribution is 2.28. The van der Waals surface area contributed by atoms with Crippen LogP contribution in [0, 0.1) is 17.7 Å². The van der Waals surface area contributed by atoms with Crippen LogP contribution in [0.5, 0.6) is 0 Å². The first-order chi connectivity index (χ1) is 17.4. The Hall–Kier alpha value is -3.14. The van der Waals surface area contributed by atoms with Crippen LogP contribution >= 0.6 is 11.6 Å². The Labute approximate surface area is 214 Å². The first-order valence-electron chi connectivity index (χ1n) is 11.8. The number of aromatic nitrogens is 3. The van der Waals surface area contributed by atoms with Gasteiger partial charge in [0.1, 0.15) is 11.5 Å². The summed E-state index contributed by atoms with van der Waals surface area (Å²) >= 11 is 6.03. The van der Waals surface area contributed by atoms with Gasteiger partial charge in [0, 0.05) is 30.1 Å². The van der Waals surface area contributed by atoms with Crippen LogP contribution in [0.4, 0.5) is 4.39 Å². The summed E-state index contributed by atoms with van der Waals surface area (Å²) in [4.78, 5) is 25.4. The molecule has 0 saturated carbocycles. The Morgan fingerprint density at radius 3 is 2.67 bits per heavy atom. The van der Waals surface area contributed by atoms with E-state index in [-0.39, 0.29) is 48.8 Å². The molecule has 0 radical (unpaired) electrons. The van der Waals surface area contributed by atoms with E-state index in [4.69, 9.17) is 21.4 Å². The van der Waals surface area contributed by atoms with Crippen molar-refractivity contribution in [3.8, 4) is 11.1 Å². The van der Waals surface area contributed by atoms with Crippen LogP contribution in [0.1, 0.15) is 35.8 Å². The Balaban J connectivity index is 1.79. The maximum absolute atomic E-state index is 14.3. The molecule has 0 bridgehead atoms.